The number of amides is 2. The van der Waals surface area contributed by atoms with Gasteiger partial charge >= 0.3 is 0 Å². The van der Waals surface area contributed by atoms with E-state index in [9.17, 15) is 9.59 Å². The molecule has 0 spiro atoms. The van der Waals surface area contributed by atoms with E-state index in [1.807, 2.05) is 23.1 Å². The molecule has 0 radical (unpaired) electrons. The molecule has 2 aliphatic rings. The van der Waals surface area contributed by atoms with Crippen LogP contribution >= 0.6 is 0 Å². The number of carbonyl (C=O) groups excluding carboxylic acids is 2. The van der Waals surface area contributed by atoms with E-state index in [2.05, 4.69) is 24.5 Å². The highest BCUT2D eigenvalue weighted by molar-refractivity contribution is 6.00. The van der Waals surface area contributed by atoms with Crippen LogP contribution in [0.4, 0.5) is 5.69 Å². The smallest absolute Gasteiger partial charge is 0.253 e. The minimum absolute atomic E-state index is 0.0623. The van der Waals surface area contributed by atoms with Crippen molar-refractivity contribution in [3.63, 3.8) is 0 Å². The van der Waals surface area contributed by atoms with Crippen molar-refractivity contribution in [1.29, 1.82) is 0 Å². The van der Waals surface area contributed by atoms with Crippen molar-refractivity contribution >= 4 is 17.5 Å². The topological polar surface area (TPSA) is 61.4 Å². The number of benzene rings is 1. The van der Waals surface area contributed by atoms with Crippen molar-refractivity contribution < 1.29 is 9.59 Å². The molecule has 5 nitrogen and oxygen atoms in total. The second-order valence-electron chi connectivity index (χ2n) is 7.08. The molecule has 24 heavy (non-hydrogen) atoms. The number of piperidine rings is 1. The van der Waals surface area contributed by atoms with Crippen LogP contribution in [0.15, 0.2) is 24.3 Å². The van der Waals surface area contributed by atoms with Crippen LogP contribution in [0.1, 0.15) is 56.3 Å². The van der Waals surface area contributed by atoms with E-state index in [1.54, 1.807) is 6.07 Å². The third-order valence-electron chi connectivity index (χ3n) is 5.00. The van der Waals surface area contributed by atoms with E-state index in [0.29, 0.717) is 11.6 Å². The first-order valence-corrected chi connectivity index (χ1v) is 9.01. The Morgan fingerprint density at radius 3 is 2.42 bits per heavy atom. The van der Waals surface area contributed by atoms with Crippen LogP contribution in [0.2, 0.25) is 0 Å². The average Bonchev–Trinajstić information content (AvgIpc) is 3.37. The molecule has 3 rings (SSSR count). The molecule has 2 atom stereocenters. The van der Waals surface area contributed by atoms with Crippen LogP contribution in [-0.2, 0) is 4.79 Å². The summed E-state index contributed by atoms with van der Waals surface area (Å²) in [5.41, 5.74) is 1.33. The van der Waals surface area contributed by atoms with Crippen LogP contribution in [0.5, 0.6) is 0 Å². The Morgan fingerprint density at radius 2 is 1.75 bits per heavy atom. The molecule has 1 saturated heterocycles. The van der Waals surface area contributed by atoms with Gasteiger partial charge in [0.25, 0.3) is 5.91 Å². The van der Waals surface area contributed by atoms with E-state index in [-0.39, 0.29) is 30.4 Å². The van der Waals surface area contributed by atoms with Gasteiger partial charge in [0.05, 0.1) is 12.1 Å². The Kier molecular flexibility index (Phi) is 5.07. The molecule has 1 aliphatic carbocycles. The zero-order valence-corrected chi connectivity index (χ0v) is 14.5. The largest absolute Gasteiger partial charge is 0.376 e. The fourth-order valence-electron chi connectivity index (χ4n) is 3.50. The van der Waals surface area contributed by atoms with Crippen LogP contribution in [0, 0.1) is 0 Å². The lowest BCUT2D eigenvalue weighted by molar-refractivity contribution is -0.135. The third kappa shape index (κ3) is 3.89. The van der Waals surface area contributed by atoms with Gasteiger partial charge in [0.2, 0.25) is 5.91 Å². The molecule has 2 amide bonds. The van der Waals surface area contributed by atoms with Gasteiger partial charge in [-0.3, -0.25) is 9.59 Å². The van der Waals surface area contributed by atoms with Crippen molar-refractivity contribution in [3.8, 4) is 0 Å². The first-order chi connectivity index (χ1) is 11.6. The van der Waals surface area contributed by atoms with E-state index >= 15 is 0 Å². The van der Waals surface area contributed by atoms with Gasteiger partial charge in [0, 0.05) is 23.8 Å². The molecule has 1 aliphatic heterocycles. The second kappa shape index (κ2) is 7.24. The van der Waals surface area contributed by atoms with E-state index in [1.165, 1.54) is 6.42 Å². The SMILES string of the molecule is C[C@@H]1CCC[C@H](C)N1C(=O)CNc1ccccc1C(=O)NC1CC1. The summed E-state index contributed by atoms with van der Waals surface area (Å²) in [7, 11) is 0. The molecule has 1 aromatic rings. The van der Waals surface area contributed by atoms with Gasteiger partial charge in [-0.1, -0.05) is 12.1 Å². The monoisotopic (exact) mass is 329 g/mol. The minimum atomic E-state index is -0.0623. The van der Waals surface area contributed by atoms with Crippen LogP contribution in [-0.4, -0.2) is 41.4 Å². The number of rotatable bonds is 5. The third-order valence-corrected chi connectivity index (χ3v) is 5.00. The maximum absolute atomic E-state index is 12.6. The number of hydrogen-bond donors (Lipinski definition) is 2. The number of nitrogens with one attached hydrogen (secondary N) is 2. The molecule has 2 N–H and O–H groups in total. The van der Waals surface area contributed by atoms with Crippen molar-refractivity contribution in [1.82, 2.24) is 10.2 Å². The van der Waals surface area contributed by atoms with Crippen LogP contribution in [0.25, 0.3) is 0 Å². The molecular weight excluding hydrogens is 302 g/mol. The predicted octanol–water partition coefficient (Wildman–Crippen LogP) is 2.78. The summed E-state index contributed by atoms with van der Waals surface area (Å²) in [6.45, 7) is 4.46. The van der Waals surface area contributed by atoms with Crippen molar-refractivity contribution in [2.45, 2.75) is 64.1 Å². The van der Waals surface area contributed by atoms with Crippen molar-refractivity contribution in [3.05, 3.63) is 29.8 Å². The summed E-state index contributed by atoms with van der Waals surface area (Å²) in [6.07, 6.45) is 5.44. The Hall–Kier alpha value is -2.04. The Labute approximate surface area is 143 Å². The lowest BCUT2D eigenvalue weighted by Crippen LogP contribution is -2.49. The Bertz CT molecular complexity index is 602. The first kappa shape index (κ1) is 16.8. The zero-order chi connectivity index (χ0) is 17.1. The summed E-state index contributed by atoms with van der Waals surface area (Å²) >= 11 is 0. The maximum Gasteiger partial charge on any atom is 0.253 e. The quantitative estimate of drug-likeness (QED) is 0.873. The highest BCUT2D eigenvalue weighted by atomic mass is 16.2. The van der Waals surface area contributed by atoms with Gasteiger partial charge in [-0.05, 0) is 58.1 Å². The molecule has 2 fully saturated rings. The van der Waals surface area contributed by atoms with Gasteiger partial charge < -0.3 is 15.5 Å². The Morgan fingerprint density at radius 1 is 1.08 bits per heavy atom. The molecule has 130 valence electrons. The fraction of sp³-hybridized carbons (Fsp3) is 0.579. The van der Waals surface area contributed by atoms with Gasteiger partial charge in [-0.2, -0.15) is 0 Å². The number of nitrogens with zero attached hydrogens (tertiary/aromatic N) is 1. The van der Waals surface area contributed by atoms with Gasteiger partial charge in [0.1, 0.15) is 0 Å². The van der Waals surface area contributed by atoms with Gasteiger partial charge in [-0.15, -0.1) is 0 Å². The van der Waals surface area contributed by atoms with Crippen LogP contribution in [0.3, 0.4) is 0 Å². The standard InChI is InChI=1S/C19H27N3O2/c1-13-6-5-7-14(2)22(13)18(23)12-20-17-9-4-3-8-16(17)19(24)21-15-10-11-15/h3-4,8-9,13-15,20H,5-7,10-12H2,1-2H3,(H,21,24)/t13-,14+. The fourth-order valence-corrected chi connectivity index (χ4v) is 3.50. The molecule has 5 heteroatoms. The first-order valence-electron chi connectivity index (χ1n) is 9.01. The van der Waals surface area contributed by atoms with Gasteiger partial charge in [0.15, 0.2) is 0 Å². The highest BCUT2D eigenvalue weighted by Crippen LogP contribution is 2.24. The van der Waals surface area contributed by atoms with E-state index < -0.39 is 0 Å². The van der Waals surface area contributed by atoms with Crippen molar-refractivity contribution in [2.75, 3.05) is 11.9 Å². The number of carbonyl (C=O) groups is 2. The number of hydrogen-bond acceptors (Lipinski definition) is 3. The van der Waals surface area contributed by atoms with Crippen molar-refractivity contribution in [2.24, 2.45) is 0 Å². The normalized spacial score (nSPS) is 23.7. The second-order valence-corrected chi connectivity index (χ2v) is 7.08. The minimum Gasteiger partial charge on any atom is -0.376 e. The molecule has 0 unspecified atom stereocenters. The summed E-state index contributed by atoms with van der Waals surface area (Å²) in [5, 5.41) is 6.18. The molecule has 1 aromatic carbocycles. The number of anilines is 1. The predicted molar refractivity (Wildman–Crippen MR) is 95.0 cm³/mol. The average molecular weight is 329 g/mol. The Balaban J connectivity index is 1.63. The lowest BCUT2D eigenvalue weighted by atomic mass is 9.97. The highest BCUT2D eigenvalue weighted by Gasteiger charge is 2.29. The maximum atomic E-state index is 12.6. The van der Waals surface area contributed by atoms with Crippen LogP contribution < -0.4 is 10.6 Å². The van der Waals surface area contributed by atoms with Gasteiger partial charge in [-0.25, -0.2) is 0 Å². The summed E-state index contributed by atoms with van der Waals surface area (Å²) in [5.74, 6) is 0.0415. The molecule has 1 saturated carbocycles. The summed E-state index contributed by atoms with van der Waals surface area (Å²) in [4.78, 5) is 26.9. The van der Waals surface area contributed by atoms with E-state index in [0.717, 1.165) is 31.4 Å². The summed E-state index contributed by atoms with van der Waals surface area (Å²) in [6, 6.07) is 8.29. The number of para-hydroxylation sites is 1. The molecule has 1 heterocycles. The zero-order valence-electron chi connectivity index (χ0n) is 14.5. The molecule has 0 aromatic heterocycles. The lowest BCUT2D eigenvalue weighted by Gasteiger charge is -2.39. The van der Waals surface area contributed by atoms with E-state index in [4.69, 9.17) is 0 Å². The number of likely N-dealkylation sites (tertiary alicyclic amines) is 1. The molecule has 0 bridgehead atoms. The molecular formula is C19H27N3O2. The summed E-state index contributed by atoms with van der Waals surface area (Å²) < 4.78 is 0.